The highest BCUT2D eigenvalue weighted by Crippen LogP contribution is 2.38. The molecule has 0 aliphatic carbocycles. The van der Waals surface area contributed by atoms with Gasteiger partial charge in [0.2, 0.25) is 0 Å². The van der Waals surface area contributed by atoms with Gasteiger partial charge in [-0.3, -0.25) is 14.5 Å². The largest absolute Gasteiger partial charge is 0.497 e. The number of imide groups is 1. The lowest BCUT2D eigenvalue weighted by molar-refractivity contribution is -0.123. The molecule has 1 aliphatic heterocycles. The highest BCUT2D eigenvalue weighted by Gasteiger charge is 2.35. The number of halogens is 1. The molecule has 0 saturated carbocycles. The molecule has 0 spiro atoms. The first kappa shape index (κ1) is 20.3. The number of benzene rings is 3. The van der Waals surface area contributed by atoms with Gasteiger partial charge < -0.3 is 9.47 Å². The number of rotatable bonds is 5. The normalized spacial score (nSPS) is 15.3. The quantitative estimate of drug-likeness (QED) is 0.474. The molecule has 0 bridgehead atoms. The van der Waals surface area contributed by atoms with Crippen LogP contribution in [0.2, 0.25) is 5.02 Å². The fourth-order valence-corrected chi connectivity index (χ4v) is 4.34. The van der Waals surface area contributed by atoms with Gasteiger partial charge in [-0.15, -0.1) is 0 Å². The van der Waals surface area contributed by atoms with Gasteiger partial charge >= 0.3 is 0 Å². The number of hydrogen-bond donors (Lipinski definition) is 0. The molecule has 1 heterocycles. The van der Waals surface area contributed by atoms with Crippen LogP contribution in [0.5, 0.6) is 11.5 Å². The van der Waals surface area contributed by atoms with E-state index in [1.165, 1.54) is 4.90 Å². The van der Waals surface area contributed by atoms with Gasteiger partial charge in [0.05, 0.1) is 25.7 Å². The fourth-order valence-electron chi connectivity index (χ4n) is 3.32. The van der Waals surface area contributed by atoms with Crippen molar-refractivity contribution in [1.82, 2.24) is 4.90 Å². The van der Waals surface area contributed by atoms with E-state index in [0.717, 1.165) is 33.7 Å². The van der Waals surface area contributed by atoms with Gasteiger partial charge in [-0.1, -0.05) is 41.9 Å². The summed E-state index contributed by atoms with van der Waals surface area (Å²) in [6.45, 7) is 0.127. The van der Waals surface area contributed by atoms with Gasteiger partial charge in [0.1, 0.15) is 11.5 Å². The Kier molecular flexibility index (Phi) is 5.70. The zero-order chi connectivity index (χ0) is 21.3. The van der Waals surface area contributed by atoms with Crippen molar-refractivity contribution in [3.05, 3.63) is 75.7 Å². The maximum absolute atomic E-state index is 13.0. The zero-order valence-corrected chi connectivity index (χ0v) is 17.9. The molecule has 1 saturated heterocycles. The number of hydrogen-bond acceptors (Lipinski definition) is 5. The summed E-state index contributed by atoms with van der Waals surface area (Å²) in [5, 5.41) is 2.02. The Hall–Kier alpha value is -2.96. The Bertz CT molecular complexity index is 1190. The van der Waals surface area contributed by atoms with E-state index in [1.807, 2.05) is 36.4 Å². The van der Waals surface area contributed by atoms with Gasteiger partial charge in [0, 0.05) is 10.6 Å². The molecule has 30 heavy (non-hydrogen) atoms. The SMILES string of the molecule is COc1ccc2ccc(OC)c(/C=C3\SC(=O)N(Cc4ccccc4Cl)C3=O)c2c1. The average molecular weight is 440 g/mol. The van der Waals surface area contributed by atoms with Gasteiger partial charge in [0.15, 0.2) is 0 Å². The number of methoxy groups -OCH3 is 2. The van der Waals surface area contributed by atoms with Crippen molar-refractivity contribution in [3.8, 4) is 11.5 Å². The van der Waals surface area contributed by atoms with Crippen molar-refractivity contribution in [1.29, 1.82) is 0 Å². The first-order valence-electron chi connectivity index (χ1n) is 9.15. The van der Waals surface area contributed by atoms with Gasteiger partial charge in [-0.2, -0.15) is 0 Å². The van der Waals surface area contributed by atoms with Crippen LogP contribution in [-0.4, -0.2) is 30.3 Å². The minimum Gasteiger partial charge on any atom is -0.497 e. The Morgan fingerprint density at radius 3 is 2.53 bits per heavy atom. The fraction of sp³-hybridized carbons (Fsp3) is 0.130. The summed E-state index contributed by atoms with van der Waals surface area (Å²) in [6, 6.07) is 16.6. The third-order valence-electron chi connectivity index (χ3n) is 4.89. The third-order valence-corrected chi connectivity index (χ3v) is 6.16. The Labute approximate surface area is 183 Å². The number of fused-ring (bicyclic) bond motifs is 1. The summed E-state index contributed by atoms with van der Waals surface area (Å²) < 4.78 is 10.9. The van der Waals surface area contributed by atoms with Crippen LogP contribution in [0, 0.1) is 0 Å². The maximum atomic E-state index is 13.0. The van der Waals surface area contributed by atoms with Crippen molar-refractivity contribution in [3.63, 3.8) is 0 Å². The second-order valence-electron chi connectivity index (χ2n) is 6.63. The number of amides is 2. The van der Waals surface area contributed by atoms with E-state index in [9.17, 15) is 9.59 Å². The van der Waals surface area contributed by atoms with E-state index in [4.69, 9.17) is 21.1 Å². The molecular formula is C23H18ClNO4S. The summed E-state index contributed by atoms with van der Waals surface area (Å²) in [6.07, 6.45) is 1.71. The molecule has 5 nitrogen and oxygen atoms in total. The van der Waals surface area contributed by atoms with E-state index in [2.05, 4.69) is 0 Å². The molecule has 2 amide bonds. The highest BCUT2D eigenvalue weighted by molar-refractivity contribution is 8.18. The van der Waals surface area contributed by atoms with E-state index < -0.39 is 0 Å². The molecule has 3 aromatic rings. The van der Waals surface area contributed by atoms with Crippen LogP contribution in [0.3, 0.4) is 0 Å². The van der Waals surface area contributed by atoms with E-state index >= 15 is 0 Å². The average Bonchev–Trinajstić information content (AvgIpc) is 3.02. The molecule has 7 heteroatoms. The maximum Gasteiger partial charge on any atom is 0.293 e. The summed E-state index contributed by atoms with van der Waals surface area (Å²) >= 11 is 7.11. The van der Waals surface area contributed by atoms with Gasteiger partial charge in [0.25, 0.3) is 11.1 Å². The van der Waals surface area contributed by atoms with Crippen LogP contribution in [0.1, 0.15) is 11.1 Å². The molecule has 152 valence electrons. The van der Waals surface area contributed by atoms with Gasteiger partial charge in [-0.25, -0.2) is 0 Å². The lowest BCUT2D eigenvalue weighted by atomic mass is 10.0. The number of ether oxygens (including phenoxy) is 2. The van der Waals surface area contributed by atoms with E-state index in [0.29, 0.717) is 21.4 Å². The van der Waals surface area contributed by atoms with Crippen LogP contribution in [0.25, 0.3) is 16.8 Å². The molecule has 0 aromatic heterocycles. The molecule has 0 N–H and O–H groups in total. The molecule has 4 rings (SSSR count). The summed E-state index contributed by atoms with van der Waals surface area (Å²) in [4.78, 5) is 27.1. The summed E-state index contributed by atoms with van der Waals surface area (Å²) in [5.74, 6) is 0.942. The first-order valence-corrected chi connectivity index (χ1v) is 10.3. The number of nitrogens with zero attached hydrogens (tertiary/aromatic N) is 1. The number of carbonyl (C=O) groups is 2. The monoisotopic (exact) mass is 439 g/mol. The Morgan fingerprint density at radius 2 is 1.80 bits per heavy atom. The minimum atomic E-state index is -0.355. The Morgan fingerprint density at radius 1 is 1.03 bits per heavy atom. The lowest BCUT2D eigenvalue weighted by Crippen LogP contribution is -2.27. The number of carbonyl (C=O) groups excluding carboxylic acids is 2. The van der Waals surface area contributed by atoms with Crippen molar-refractivity contribution in [2.45, 2.75) is 6.54 Å². The van der Waals surface area contributed by atoms with Gasteiger partial charge in [-0.05, 0) is 58.4 Å². The van der Waals surface area contributed by atoms with E-state index in [1.54, 1.807) is 38.5 Å². The lowest BCUT2D eigenvalue weighted by Gasteiger charge is -2.13. The van der Waals surface area contributed by atoms with Crippen LogP contribution < -0.4 is 9.47 Å². The van der Waals surface area contributed by atoms with Crippen LogP contribution >= 0.6 is 23.4 Å². The van der Waals surface area contributed by atoms with Crippen molar-refractivity contribution in [2.75, 3.05) is 14.2 Å². The highest BCUT2D eigenvalue weighted by atomic mass is 35.5. The number of thioether (sulfide) groups is 1. The van der Waals surface area contributed by atoms with Crippen LogP contribution in [-0.2, 0) is 11.3 Å². The van der Waals surface area contributed by atoms with Crippen LogP contribution in [0.4, 0.5) is 4.79 Å². The van der Waals surface area contributed by atoms with Crippen LogP contribution in [0.15, 0.2) is 59.5 Å². The predicted molar refractivity (Wildman–Crippen MR) is 120 cm³/mol. The standard InChI is InChI=1S/C23H18ClNO4S/c1-28-16-9-7-14-8-10-20(29-2)18(17(14)11-16)12-21-22(26)25(23(27)30-21)13-15-5-3-4-6-19(15)24/h3-12H,13H2,1-2H3/b21-12-. The molecule has 0 unspecified atom stereocenters. The smallest absolute Gasteiger partial charge is 0.293 e. The van der Waals surface area contributed by atoms with E-state index in [-0.39, 0.29) is 17.7 Å². The molecule has 3 aromatic carbocycles. The molecule has 1 aliphatic rings. The predicted octanol–water partition coefficient (Wildman–Crippen LogP) is 5.75. The third kappa shape index (κ3) is 3.76. The van der Waals surface area contributed by atoms with Crippen molar-refractivity contribution >= 4 is 51.4 Å². The zero-order valence-electron chi connectivity index (χ0n) is 16.3. The molecule has 0 radical (unpaired) electrons. The molecule has 0 atom stereocenters. The second-order valence-corrected chi connectivity index (χ2v) is 8.03. The topological polar surface area (TPSA) is 55.8 Å². The summed E-state index contributed by atoms with van der Waals surface area (Å²) in [7, 11) is 3.17. The molecular weight excluding hydrogens is 422 g/mol. The van der Waals surface area contributed by atoms with Crippen molar-refractivity contribution < 1.29 is 19.1 Å². The minimum absolute atomic E-state index is 0.127. The Balaban J connectivity index is 1.75. The second kappa shape index (κ2) is 8.42. The molecule has 1 fully saturated rings. The van der Waals surface area contributed by atoms with Crippen molar-refractivity contribution in [2.24, 2.45) is 0 Å². The first-order chi connectivity index (χ1) is 14.5. The summed E-state index contributed by atoms with van der Waals surface area (Å²) in [5.41, 5.74) is 1.44.